The van der Waals surface area contributed by atoms with Crippen molar-refractivity contribution in [2.24, 2.45) is 11.7 Å². The number of hydrogen-bond acceptors (Lipinski definition) is 3. The molecule has 4 nitrogen and oxygen atoms in total. The topological polar surface area (TPSA) is 55.6 Å². The summed E-state index contributed by atoms with van der Waals surface area (Å²) in [7, 11) is 0. The number of amides is 1. The Bertz CT molecular complexity index is 394. The van der Waals surface area contributed by atoms with E-state index in [9.17, 15) is 4.79 Å². The molecular formula is C15H23ClN2O2. The van der Waals surface area contributed by atoms with Gasteiger partial charge >= 0.3 is 0 Å². The van der Waals surface area contributed by atoms with Crippen molar-refractivity contribution in [1.29, 1.82) is 0 Å². The number of halogens is 1. The van der Waals surface area contributed by atoms with Gasteiger partial charge in [0.25, 0.3) is 0 Å². The summed E-state index contributed by atoms with van der Waals surface area (Å²) < 4.78 is 5.29. The minimum absolute atomic E-state index is 0. The van der Waals surface area contributed by atoms with Gasteiger partial charge in [-0.1, -0.05) is 30.3 Å². The van der Waals surface area contributed by atoms with E-state index in [1.54, 1.807) is 0 Å². The summed E-state index contributed by atoms with van der Waals surface area (Å²) in [5.41, 5.74) is 6.86. The van der Waals surface area contributed by atoms with Gasteiger partial charge in [0.1, 0.15) is 0 Å². The van der Waals surface area contributed by atoms with Crippen molar-refractivity contribution in [3.63, 3.8) is 0 Å². The van der Waals surface area contributed by atoms with Gasteiger partial charge in [0.05, 0.1) is 12.5 Å². The predicted octanol–water partition coefficient (Wildman–Crippen LogP) is 1.47. The molecule has 1 unspecified atom stereocenters. The van der Waals surface area contributed by atoms with Crippen molar-refractivity contribution in [2.45, 2.75) is 12.8 Å². The molecule has 0 saturated carbocycles. The van der Waals surface area contributed by atoms with E-state index in [4.69, 9.17) is 10.5 Å². The molecule has 1 aliphatic rings. The van der Waals surface area contributed by atoms with Gasteiger partial charge in [-0.05, 0) is 18.4 Å². The van der Waals surface area contributed by atoms with Crippen LogP contribution in [0.15, 0.2) is 30.3 Å². The van der Waals surface area contributed by atoms with Gasteiger partial charge in [-0.2, -0.15) is 0 Å². The van der Waals surface area contributed by atoms with Crippen molar-refractivity contribution >= 4 is 18.3 Å². The molecular weight excluding hydrogens is 276 g/mol. The standard InChI is InChI=1S/C15H22N2O2.ClH/c16-8-10-17(15(18)14-7-11-19-12-14)9-6-13-4-2-1-3-5-13;/h1-5,14H,6-12,16H2;1H. The van der Waals surface area contributed by atoms with E-state index in [0.717, 1.165) is 19.4 Å². The third-order valence-corrected chi connectivity index (χ3v) is 3.50. The van der Waals surface area contributed by atoms with E-state index in [1.807, 2.05) is 23.1 Å². The Labute approximate surface area is 126 Å². The van der Waals surface area contributed by atoms with Crippen LogP contribution < -0.4 is 5.73 Å². The fourth-order valence-electron chi connectivity index (χ4n) is 2.38. The number of nitrogens with zero attached hydrogens (tertiary/aromatic N) is 1. The predicted molar refractivity (Wildman–Crippen MR) is 82.0 cm³/mol. The Kier molecular flexibility index (Phi) is 7.59. The molecule has 0 radical (unpaired) electrons. The number of carbonyl (C=O) groups excluding carboxylic acids is 1. The average molecular weight is 299 g/mol. The van der Waals surface area contributed by atoms with E-state index < -0.39 is 0 Å². The molecule has 1 atom stereocenters. The molecule has 2 N–H and O–H groups in total. The SMILES string of the molecule is Cl.NCCN(CCc1ccccc1)C(=O)C1CCOC1. The molecule has 2 rings (SSSR count). The first-order chi connectivity index (χ1) is 9.31. The van der Waals surface area contributed by atoms with Crippen LogP contribution >= 0.6 is 12.4 Å². The lowest BCUT2D eigenvalue weighted by molar-refractivity contribution is -0.135. The van der Waals surface area contributed by atoms with Crippen LogP contribution in [0.1, 0.15) is 12.0 Å². The van der Waals surface area contributed by atoms with Crippen LogP contribution in [-0.2, 0) is 16.0 Å². The van der Waals surface area contributed by atoms with Crippen molar-refractivity contribution in [2.75, 3.05) is 32.8 Å². The monoisotopic (exact) mass is 298 g/mol. The molecule has 1 amide bonds. The molecule has 0 spiro atoms. The average Bonchev–Trinajstić information content (AvgIpc) is 2.98. The molecule has 1 aromatic carbocycles. The van der Waals surface area contributed by atoms with Crippen molar-refractivity contribution in [3.05, 3.63) is 35.9 Å². The second-order valence-corrected chi connectivity index (χ2v) is 4.91. The first-order valence-electron chi connectivity index (χ1n) is 6.92. The maximum atomic E-state index is 12.3. The lowest BCUT2D eigenvalue weighted by Crippen LogP contribution is -2.40. The first kappa shape index (κ1) is 17.0. The number of nitrogens with two attached hydrogens (primary N) is 1. The van der Waals surface area contributed by atoms with Crippen LogP contribution in [0.2, 0.25) is 0 Å². The Morgan fingerprint density at radius 2 is 2.05 bits per heavy atom. The number of hydrogen-bond donors (Lipinski definition) is 1. The second-order valence-electron chi connectivity index (χ2n) is 4.91. The normalized spacial score (nSPS) is 17.6. The zero-order valence-electron chi connectivity index (χ0n) is 11.7. The molecule has 0 aliphatic carbocycles. The van der Waals surface area contributed by atoms with Gasteiger partial charge in [0.15, 0.2) is 0 Å². The Hall–Kier alpha value is -1.10. The van der Waals surface area contributed by atoms with Crippen molar-refractivity contribution in [3.8, 4) is 0 Å². The lowest BCUT2D eigenvalue weighted by atomic mass is 10.1. The molecule has 1 saturated heterocycles. The molecule has 0 bridgehead atoms. The van der Waals surface area contributed by atoms with Crippen molar-refractivity contribution in [1.82, 2.24) is 4.90 Å². The third kappa shape index (κ3) is 4.78. The summed E-state index contributed by atoms with van der Waals surface area (Å²) in [6, 6.07) is 10.2. The van der Waals surface area contributed by atoms with Gasteiger partial charge in [0.2, 0.25) is 5.91 Å². The fraction of sp³-hybridized carbons (Fsp3) is 0.533. The summed E-state index contributed by atoms with van der Waals surface area (Å²) in [5, 5.41) is 0. The number of ether oxygens (including phenoxy) is 1. The van der Waals surface area contributed by atoms with E-state index >= 15 is 0 Å². The van der Waals surface area contributed by atoms with Crippen LogP contribution in [0.5, 0.6) is 0 Å². The maximum absolute atomic E-state index is 12.3. The summed E-state index contributed by atoms with van der Waals surface area (Å²) in [5.74, 6) is 0.223. The highest BCUT2D eigenvalue weighted by Crippen LogP contribution is 2.15. The quantitative estimate of drug-likeness (QED) is 0.865. The van der Waals surface area contributed by atoms with Crippen LogP contribution in [-0.4, -0.2) is 43.7 Å². The third-order valence-electron chi connectivity index (χ3n) is 3.50. The summed E-state index contributed by atoms with van der Waals surface area (Å²) in [6.45, 7) is 3.13. The van der Waals surface area contributed by atoms with Gasteiger partial charge in [-0.15, -0.1) is 12.4 Å². The Morgan fingerprint density at radius 3 is 2.65 bits per heavy atom. The molecule has 112 valence electrons. The number of carbonyl (C=O) groups is 1. The highest BCUT2D eigenvalue weighted by Gasteiger charge is 2.27. The highest BCUT2D eigenvalue weighted by atomic mass is 35.5. The molecule has 1 aromatic rings. The molecule has 20 heavy (non-hydrogen) atoms. The van der Waals surface area contributed by atoms with E-state index in [2.05, 4.69) is 12.1 Å². The summed E-state index contributed by atoms with van der Waals surface area (Å²) >= 11 is 0. The zero-order valence-corrected chi connectivity index (χ0v) is 12.5. The number of benzene rings is 1. The molecule has 1 aliphatic heterocycles. The van der Waals surface area contributed by atoms with Gasteiger partial charge < -0.3 is 15.4 Å². The molecule has 1 heterocycles. The van der Waals surface area contributed by atoms with Crippen LogP contribution in [0.3, 0.4) is 0 Å². The second kappa shape index (κ2) is 8.95. The lowest BCUT2D eigenvalue weighted by Gasteiger charge is -2.24. The molecule has 0 aromatic heterocycles. The van der Waals surface area contributed by atoms with Gasteiger partial charge in [-0.25, -0.2) is 0 Å². The smallest absolute Gasteiger partial charge is 0.228 e. The number of rotatable bonds is 6. The van der Waals surface area contributed by atoms with Crippen LogP contribution in [0, 0.1) is 5.92 Å². The molecule has 1 fully saturated rings. The minimum Gasteiger partial charge on any atom is -0.381 e. The first-order valence-corrected chi connectivity index (χ1v) is 6.92. The van der Waals surface area contributed by atoms with Gasteiger partial charge in [-0.3, -0.25) is 4.79 Å². The maximum Gasteiger partial charge on any atom is 0.228 e. The van der Waals surface area contributed by atoms with Crippen molar-refractivity contribution < 1.29 is 9.53 Å². The Balaban J connectivity index is 0.00000200. The van der Waals surface area contributed by atoms with E-state index in [1.165, 1.54) is 5.56 Å². The van der Waals surface area contributed by atoms with Crippen LogP contribution in [0.25, 0.3) is 0 Å². The largest absolute Gasteiger partial charge is 0.381 e. The summed E-state index contributed by atoms with van der Waals surface area (Å²) in [4.78, 5) is 14.2. The summed E-state index contributed by atoms with van der Waals surface area (Å²) in [6.07, 6.45) is 1.71. The zero-order chi connectivity index (χ0) is 13.5. The minimum atomic E-state index is 0. The highest BCUT2D eigenvalue weighted by molar-refractivity contribution is 5.85. The van der Waals surface area contributed by atoms with Gasteiger partial charge in [0, 0.05) is 26.2 Å². The van der Waals surface area contributed by atoms with E-state index in [0.29, 0.717) is 26.3 Å². The van der Waals surface area contributed by atoms with Crippen LogP contribution in [0.4, 0.5) is 0 Å². The fourth-order valence-corrected chi connectivity index (χ4v) is 2.38. The Morgan fingerprint density at radius 1 is 1.30 bits per heavy atom. The van der Waals surface area contributed by atoms with E-state index in [-0.39, 0.29) is 24.2 Å². The molecule has 5 heteroatoms.